The summed E-state index contributed by atoms with van der Waals surface area (Å²) in [6, 6.07) is 5.25. The number of benzene rings is 1. The van der Waals surface area contributed by atoms with Crippen LogP contribution in [0.4, 0.5) is 11.4 Å². The lowest BCUT2D eigenvalue weighted by molar-refractivity contribution is -0.384. The van der Waals surface area contributed by atoms with Gasteiger partial charge in [-0.25, -0.2) is 0 Å². The molecule has 3 unspecified atom stereocenters. The number of nitrogens with one attached hydrogen (secondary N) is 1. The number of allylic oxidation sites excluding steroid dienone is 2. The van der Waals surface area contributed by atoms with Gasteiger partial charge in [-0.15, -0.1) is 0 Å². The number of nitro groups is 1. The summed E-state index contributed by atoms with van der Waals surface area (Å²) in [4.78, 5) is 10.7. The Bertz CT molecular complexity index is 610. The van der Waals surface area contributed by atoms with Gasteiger partial charge in [0.2, 0.25) is 0 Å². The normalized spacial score (nSPS) is 26.9. The van der Waals surface area contributed by atoms with E-state index in [1.54, 1.807) is 19.2 Å². The Morgan fingerprint density at radius 1 is 1.43 bits per heavy atom. The summed E-state index contributed by atoms with van der Waals surface area (Å²) in [7, 11) is 1.73. The molecular weight excluding hydrogens is 268 g/mol. The molecule has 1 aliphatic heterocycles. The van der Waals surface area contributed by atoms with E-state index in [9.17, 15) is 10.1 Å². The molecule has 0 amide bonds. The van der Waals surface area contributed by atoms with Crippen molar-refractivity contribution in [3.63, 3.8) is 0 Å². The van der Waals surface area contributed by atoms with E-state index < -0.39 is 0 Å². The van der Waals surface area contributed by atoms with E-state index >= 15 is 0 Å². The Hall–Kier alpha value is -1.88. The van der Waals surface area contributed by atoms with Crippen LogP contribution in [0.1, 0.15) is 31.7 Å². The molecule has 5 heteroatoms. The number of rotatable bonds is 3. The largest absolute Gasteiger partial charge is 0.379 e. The van der Waals surface area contributed by atoms with Gasteiger partial charge in [0, 0.05) is 30.8 Å². The number of nitrogens with zero attached hydrogens (tertiary/aromatic N) is 1. The highest BCUT2D eigenvalue weighted by molar-refractivity contribution is 5.62. The standard InChI is InChI=1S/C16H20N2O3/c1-16(2,21-3)15-12-6-4-5-11(12)13-9-10(18(19)20)7-8-14(13)17-15/h4-5,7-9,11-12,15,17H,6H2,1-3H3. The second-order valence-corrected chi connectivity index (χ2v) is 6.31. The van der Waals surface area contributed by atoms with Gasteiger partial charge in [-0.05, 0) is 37.8 Å². The Kier molecular flexibility index (Phi) is 3.24. The summed E-state index contributed by atoms with van der Waals surface area (Å²) < 4.78 is 5.66. The predicted octanol–water partition coefficient (Wildman–Crippen LogP) is 3.47. The van der Waals surface area contributed by atoms with E-state index in [4.69, 9.17) is 4.74 Å². The highest BCUT2D eigenvalue weighted by Gasteiger charge is 2.44. The van der Waals surface area contributed by atoms with Gasteiger partial charge in [-0.2, -0.15) is 0 Å². The summed E-state index contributed by atoms with van der Waals surface area (Å²) in [6.45, 7) is 4.16. The zero-order valence-electron chi connectivity index (χ0n) is 12.5. The van der Waals surface area contributed by atoms with E-state index in [0.717, 1.165) is 17.7 Å². The van der Waals surface area contributed by atoms with Crippen molar-refractivity contribution >= 4 is 11.4 Å². The van der Waals surface area contributed by atoms with Gasteiger partial charge < -0.3 is 10.1 Å². The van der Waals surface area contributed by atoms with Gasteiger partial charge in [-0.1, -0.05) is 12.2 Å². The van der Waals surface area contributed by atoms with Gasteiger partial charge in [0.1, 0.15) is 0 Å². The first-order chi connectivity index (χ1) is 9.94. The monoisotopic (exact) mass is 288 g/mol. The highest BCUT2D eigenvalue weighted by Crippen LogP contribution is 2.48. The predicted molar refractivity (Wildman–Crippen MR) is 81.6 cm³/mol. The third-order valence-corrected chi connectivity index (χ3v) is 4.83. The second-order valence-electron chi connectivity index (χ2n) is 6.31. The molecule has 0 radical (unpaired) electrons. The number of anilines is 1. The van der Waals surface area contributed by atoms with E-state index in [2.05, 4.69) is 31.3 Å². The fourth-order valence-electron chi connectivity index (χ4n) is 3.51. The van der Waals surface area contributed by atoms with Crippen LogP contribution in [0.3, 0.4) is 0 Å². The van der Waals surface area contributed by atoms with Crippen LogP contribution in [0.15, 0.2) is 30.4 Å². The summed E-state index contributed by atoms with van der Waals surface area (Å²) in [6.07, 6.45) is 5.31. The molecule has 0 saturated carbocycles. The maximum atomic E-state index is 11.0. The molecule has 1 aromatic rings. The van der Waals surface area contributed by atoms with Crippen LogP contribution in [0.2, 0.25) is 0 Å². The first-order valence-electron chi connectivity index (χ1n) is 7.21. The third-order valence-electron chi connectivity index (χ3n) is 4.83. The first kappa shape index (κ1) is 14.1. The lowest BCUT2D eigenvalue weighted by Crippen LogP contribution is -2.51. The Morgan fingerprint density at radius 3 is 2.86 bits per heavy atom. The molecule has 0 aromatic heterocycles. The van der Waals surface area contributed by atoms with Crippen molar-refractivity contribution in [1.82, 2.24) is 0 Å². The number of hydrogen-bond donors (Lipinski definition) is 1. The number of hydrogen-bond acceptors (Lipinski definition) is 4. The molecular formula is C16H20N2O3. The summed E-state index contributed by atoms with van der Waals surface area (Å²) >= 11 is 0. The first-order valence-corrected chi connectivity index (χ1v) is 7.21. The molecule has 2 aliphatic rings. The van der Waals surface area contributed by atoms with Crippen molar-refractivity contribution in [3.05, 3.63) is 46.0 Å². The van der Waals surface area contributed by atoms with E-state index in [0.29, 0.717) is 5.92 Å². The van der Waals surface area contributed by atoms with Crippen molar-refractivity contribution in [2.75, 3.05) is 12.4 Å². The van der Waals surface area contributed by atoms with E-state index in [1.807, 2.05) is 6.07 Å². The minimum absolute atomic E-state index is 0.152. The Labute approximate surface area is 124 Å². The van der Waals surface area contributed by atoms with Crippen molar-refractivity contribution in [2.24, 2.45) is 5.92 Å². The van der Waals surface area contributed by atoms with Crippen molar-refractivity contribution < 1.29 is 9.66 Å². The van der Waals surface area contributed by atoms with E-state index in [1.165, 1.54) is 0 Å². The fourth-order valence-corrected chi connectivity index (χ4v) is 3.51. The van der Waals surface area contributed by atoms with Crippen LogP contribution in [0.5, 0.6) is 0 Å². The lowest BCUT2D eigenvalue weighted by atomic mass is 9.74. The third kappa shape index (κ3) is 2.21. The summed E-state index contributed by atoms with van der Waals surface area (Å²) in [5.74, 6) is 0.593. The van der Waals surface area contributed by atoms with Crippen molar-refractivity contribution in [3.8, 4) is 0 Å². The number of fused-ring (bicyclic) bond motifs is 3. The zero-order valence-corrected chi connectivity index (χ0v) is 12.5. The molecule has 112 valence electrons. The molecule has 3 rings (SSSR count). The van der Waals surface area contributed by atoms with Crippen LogP contribution in [-0.2, 0) is 4.74 Å². The van der Waals surface area contributed by atoms with Gasteiger partial charge in [-0.3, -0.25) is 10.1 Å². The molecule has 3 atom stereocenters. The average molecular weight is 288 g/mol. The Balaban J connectivity index is 2.05. The quantitative estimate of drug-likeness (QED) is 0.525. The molecule has 1 aliphatic carbocycles. The Morgan fingerprint density at radius 2 is 2.19 bits per heavy atom. The minimum Gasteiger partial charge on any atom is -0.379 e. The number of methoxy groups -OCH3 is 1. The number of nitro benzene ring substituents is 1. The molecule has 0 fully saturated rings. The maximum absolute atomic E-state index is 11.0. The van der Waals surface area contributed by atoms with Gasteiger partial charge in [0.15, 0.2) is 0 Å². The van der Waals surface area contributed by atoms with E-state index in [-0.39, 0.29) is 28.2 Å². The molecule has 1 heterocycles. The minimum atomic E-state index is -0.334. The van der Waals surface area contributed by atoms with Crippen molar-refractivity contribution in [2.45, 2.75) is 37.8 Å². The number of ether oxygens (including phenoxy) is 1. The molecule has 0 spiro atoms. The number of non-ortho nitro benzene ring substituents is 1. The average Bonchev–Trinajstić information content (AvgIpc) is 2.95. The van der Waals surface area contributed by atoms with Gasteiger partial charge in [0.05, 0.1) is 16.6 Å². The SMILES string of the molecule is COC(C)(C)C1Nc2ccc([N+](=O)[O-])cc2C2C=CCC21. The van der Waals surface area contributed by atoms with Crippen LogP contribution in [0.25, 0.3) is 0 Å². The van der Waals surface area contributed by atoms with Gasteiger partial charge in [0.25, 0.3) is 5.69 Å². The molecule has 0 saturated heterocycles. The molecule has 1 aromatic carbocycles. The van der Waals surface area contributed by atoms with Crippen LogP contribution in [0, 0.1) is 16.0 Å². The van der Waals surface area contributed by atoms with Crippen molar-refractivity contribution in [1.29, 1.82) is 0 Å². The molecule has 1 N–H and O–H groups in total. The van der Waals surface area contributed by atoms with Crippen LogP contribution < -0.4 is 5.32 Å². The fraction of sp³-hybridized carbons (Fsp3) is 0.500. The molecule has 21 heavy (non-hydrogen) atoms. The van der Waals surface area contributed by atoms with Crippen LogP contribution >= 0.6 is 0 Å². The van der Waals surface area contributed by atoms with Gasteiger partial charge >= 0.3 is 0 Å². The lowest BCUT2D eigenvalue weighted by Gasteiger charge is -2.44. The second kappa shape index (κ2) is 4.84. The smallest absolute Gasteiger partial charge is 0.269 e. The van der Waals surface area contributed by atoms with Crippen LogP contribution in [-0.4, -0.2) is 23.7 Å². The summed E-state index contributed by atoms with van der Waals surface area (Å²) in [5, 5.41) is 14.5. The highest BCUT2D eigenvalue weighted by atomic mass is 16.6. The molecule has 5 nitrogen and oxygen atoms in total. The maximum Gasteiger partial charge on any atom is 0.269 e. The topological polar surface area (TPSA) is 64.4 Å². The molecule has 0 bridgehead atoms. The summed E-state index contributed by atoms with van der Waals surface area (Å²) in [5.41, 5.74) is 1.85. The zero-order chi connectivity index (χ0) is 15.2.